The Balaban J connectivity index is 1.91. The fraction of sp³-hybridized carbons (Fsp3) is 0.455. The van der Waals surface area contributed by atoms with Crippen molar-refractivity contribution in [3.63, 3.8) is 0 Å². The standard InChI is InChI=1S/C11H14F2N2O/c12-10-3-1-2-9(11(10)13)8-14-15-4-6-16-7-5-15/h1-3,14H,4-8H2. The molecular formula is C11H14F2N2O. The Morgan fingerprint density at radius 2 is 2.00 bits per heavy atom. The lowest BCUT2D eigenvalue weighted by molar-refractivity contribution is 0.0104. The van der Waals surface area contributed by atoms with Gasteiger partial charge in [0.2, 0.25) is 0 Å². The van der Waals surface area contributed by atoms with Gasteiger partial charge in [0, 0.05) is 25.2 Å². The zero-order valence-corrected chi connectivity index (χ0v) is 8.88. The number of rotatable bonds is 3. The van der Waals surface area contributed by atoms with Crippen molar-refractivity contribution in [1.82, 2.24) is 10.4 Å². The molecule has 5 heteroatoms. The van der Waals surface area contributed by atoms with Gasteiger partial charge in [0.25, 0.3) is 0 Å². The molecule has 0 bridgehead atoms. The van der Waals surface area contributed by atoms with E-state index < -0.39 is 11.6 Å². The van der Waals surface area contributed by atoms with Crippen LogP contribution < -0.4 is 5.43 Å². The van der Waals surface area contributed by atoms with E-state index in [0.29, 0.717) is 25.3 Å². The molecule has 3 nitrogen and oxygen atoms in total. The van der Waals surface area contributed by atoms with E-state index in [9.17, 15) is 8.78 Å². The lowest BCUT2D eigenvalue weighted by Gasteiger charge is -2.27. The highest BCUT2D eigenvalue weighted by molar-refractivity contribution is 5.18. The molecule has 1 aliphatic rings. The van der Waals surface area contributed by atoms with Crippen LogP contribution in [0, 0.1) is 11.6 Å². The second-order valence-corrected chi connectivity index (χ2v) is 3.65. The second kappa shape index (κ2) is 5.34. The summed E-state index contributed by atoms with van der Waals surface area (Å²) in [5, 5.41) is 1.95. The monoisotopic (exact) mass is 228 g/mol. The van der Waals surface area contributed by atoms with E-state index in [0.717, 1.165) is 19.2 Å². The SMILES string of the molecule is Fc1cccc(CNN2CCOCC2)c1F. The molecule has 1 fully saturated rings. The van der Waals surface area contributed by atoms with Crippen LogP contribution >= 0.6 is 0 Å². The van der Waals surface area contributed by atoms with Crippen molar-refractivity contribution in [2.45, 2.75) is 6.54 Å². The fourth-order valence-electron chi connectivity index (χ4n) is 1.60. The smallest absolute Gasteiger partial charge is 0.163 e. The summed E-state index contributed by atoms with van der Waals surface area (Å²) in [5.41, 5.74) is 3.39. The Kier molecular flexibility index (Phi) is 3.82. The molecule has 0 unspecified atom stereocenters. The number of nitrogens with zero attached hydrogens (tertiary/aromatic N) is 1. The summed E-state index contributed by atoms with van der Waals surface area (Å²) in [6, 6.07) is 4.20. The quantitative estimate of drug-likeness (QED) is 0.844. The molecule has 1 aromatic rings. The van der Waals surface area contributed by atoms with Gasteiger partial charge in [-0.1, -0.05) is 12.1 Å². The Hall–Kier alpha value is -1.04. The first-order valence-corrected chi connectivity index (χ1v) is 5.26. The van der Waals surface area contributed by atoms with E-state index in [1.54, 1.807) is 6.07 Å². The van der Waals surface area contributed by atoms with Crippen LogP contribution in [0.4, 0.5) is 8.78 Å². The van der Waals surface area contributed by atoms with Gasteiger partial charge in [-0.2, -0.15) is 0 Å². The molecule has 0 radical (unpaired) electrons. The van der Waals surface area contributed by atoms with Crippen molar-refractivity contribution in [3.8, 4) is 0 Å². The second-order valence-electron chi connectivity index (χ2n) is 3.65. The molecule has 0 aromatic heterocycles. The third-order valence-electron chi connectivity index (χ3n) is 2.54. The molecule has 1 aliphatic heterocycles. The van der Waals surface area contributed by atoms with Gasteiger partial charge < -0.3 is 4.74 Å². The van der Waals surface area contributed by atoms with Crippen LogP contribution in [0.15, 0.2) is 18.2 Å². The fourth-order valence-corrected chi connectivity index (χ4v) is 1.60. The third kappa shape index (κ3) is 2.75. The summed E-state index contributed by atoms with van der Waals surface area (Å²) < 4.78 is 31.4. The molecule has 2 rings (SSSR count). The topological polar surface area (TPSA) is 24.5 Å². The number of ether oxygens (including phenoxy) is 1. The summed E-state index contributed by atoms with van der Waals surface area (Å²) in [7, 11) is 0. The van der Waals surface area contributed by atoms with Gasteiger partial charge >= 0.3 is 0 Å². The first-order valence-electron chi connectivity index (χ1n) is 5.26. The molecule has 16 heavy (non-hydrogen) atoms. The van der Waals surface area contributed by atoms with Crippen molar-refractivity contribution in [2.24, 2.45) is 0 Å². The van der Waals surface area contributed by atoms with Gasteiger partial charge in [-0.25, -0.2) is 13.8 Å². The lowest BCUT2D eigenvalue weighted by Crippen LogP contribution is -2.45. The summed E-state index contributed by atoms with van der Waals surface area (Å²) in [5.74, 6) is -1.58. The summed E-state index contributed by atoms with van der Waals surface area (Å²) in [6.45, 7) is 3.15. The van der Waals surface area contributed by atoms with Crippen LogP contribution in [0.3, 0.4) is 0 Å². The van der Waals surface area contributed by atoms with Gasteiger partial charge in [0.1, 0.15) is 0 Å². The molecule has 1 saturated heterocycles. The van der Waals surface area contributed by atoms with E-state index in [-0.39, 0.29) is 0 Å². The molecule has 0 spiro atoms. The predicted molar refractivity (Wildman–Crippen MR) is 55.6 cm³/mol. The first-order chi connectivity index (χ1) is 7.77. The van der Waals surface area contributed by atoms with Crippen molar-refractivity contribution in [3.05, 3.63) is 35.4 Å². The molecule has 0 amide bonds. The number of halogens is 2. The minimum atomic E-state index is -0.804. The number of hydrazine groups is 1. The number of nitrogens with one attached hydrogen (secondary N) is 1. The van der Waals surface area contributed by atoms with Gasteiger partial charge in [-0.05, 0) is 6.07 Å². The van der Waals surface area contributed by atoms with Crippen molar-refractivity contribution in [1.29, 1.82) is 0 Å². The maximum absolute atomic E-state index is 13.3. The Labute approximate surface area is 93.0 Å². The summed E-state index contributed by atoms with van der Waals surface area (Å²) >= 11 is 0. The van der Waals surface area contributed by atoms with Crippen LogP contribution in [0.1, 0.15) is 5.56 Å². The van der Waals surface area contributed by atoms with Crippen LogP contribution in [0.25, 0.3) is 0 Å². The van der Waals surface area contributed by atoms with Crippen LogP contribution in [-0.4, -0.2) is 31.3 Å². The highest BCUT2D eigenvalue weighted by Gasteiger charge is 2.11. The normalized spacial score (nSPS) is 17.6. The third-order valence-corrected chi connectivity index (χ3v) is 2.54. The zero-order valence-electron chi connectivity index (χ0n) is 8.88. The first kappa shape index (κ1) is 11.4. The molecular weight excluding hydrogens is 214 g/mol. The highest BCUT2D eigenvalue weighted by Crippen LogP contribution is 2.11. The summed E-state index contributed by atoms with van der Waals surface area (Å²) in [4.78, 5) is 0. The van der Waals surface area contributed by atoms with Crippen molar-refractivity contribution < 1.29 is 13.5 Å². The van der Waals surface area contributed by atoms with E-state index in [2.05, 4.69) is 5.43 Å². The van der Waals surface area contributed by atoms with Gasteiger partial charge in [0.05, 0.1) is 13.2 Å². The van der Waals surface area contributed by atoms with Crippen molar-refractivity contribution in [2.75, 3.05) is 26.3 Å². The molecule has 0 saturated carbocycles. The largest absolute Gasteiger partial charge is 0.379 e. The van der Waals surface area contributed by atoms with E-state index in [4.69, 9.17) is 4.74 Å². The average molecular weight is 228 g/mol. The van der Waals surface area contributed by atoms with Gasteiger partial charge in [0.15, 0.2) is 11.6 Å². The number of morpholine rings is 1. The molecule has 1 aromatic carbocycles. The Morgan fingerprint density at radius 1 is 1.25 bits per heavy atom. The Morgan fingerprint density at radius 3 is 2.75 bits per heavy atom. The molecule has 0 atom stereocenters. The van der Waals surface area contributed by atoms with E-state index in [1.807, 2.05) is 5.01 Å². The minimum absolute atomic E-state index is 0.295. The maximum Gasteiger partial charge on any atom is 0.163 e. The number of hydrogen-bond donors (Lipinski definition) is 1. The average Bonchev–Trinajstić information content (AvgIpc) is 2.32. The van der Waals surface area contributed by atoms with Crippen molar-refractivity contribution >= 4 is 0 Å². The van der Waals surface area contributed by atoms with Gasteiger partial charge in [-0.15, -0.1) is 0 Å². The maximum atomic E-state index is 13.3. The molecule has 0 aliphatic carbocycles. The highest BCUT2D eigenvalue weighted by atomic mass is 19.2. The van der Waals surface area contributed by atoms with Crippen LogP contribution in [-0.2, 0) is 11.3 Å². The number of benzene rings is 1. The minimum Gasteiger partial charge on any atom is -0.379 e. The number of hydrogen-bond acceptors (Lipinski definition) is 3. The Bertz CT molecular complexity index is 354. The molecule has 1 N–H and O–H groups in total. The lowest BCUT2D eigenvalue weighted by atomic mass is 10.2. The van der Waals surface area contributed by atoms with Crippen LogP contribution in [0.2, 0.25) is 0 Å². The zero-order chi connectivity index (χ0) is 11.4. The predicted octanol–water partition coefficient (Wildman–Crippen LogP) is 1.30. The molecule has 88 valence electrons. The van der Waals surface area contributed by atoms with E-state index in [1.165, 1.54) is 6.07 Å². The van der Waals surface area contributed by atoms with E-state index >= 15 is 0 Å². The van der Waals surface area contributed by atoms with Gasteiger partial charge in [-0.3, -0.25) is 5.43 Å². The summed E-state index contributed by atoms with van der Waals surface area (Å²) in [6.07, 6.45) is 0. The van der Waals surface area contributed by atoms with Crippen LogP contribution in [0.5, 0.6) is 0 Å². The molecule has 1 heterocycles.